The van der Waals surface area contributed by atoms with E-state index < -0.39 is 8.07 Å². The molecule has 18 heavy (non-hydrogen) atoms. The van der Waals surface area contributed by atoms with E-state index in [9.17, 15) is 0 Å². The molecule has 0 saturated carbocycles. The van der Waals surface area contributed by atoms with E-state index in [1.165, 1.54) is 36.3 Å². The highest BCUT2D eigenvalue weighted by molar-refractivity contribution is 8.21. The molecule has 0 nitrogen and oxygen atoms in total. The van der Waals surface area contributed by atoms with Gasteiger partial charge < -0.3 is 0 Å². The first kappa shape index (κ1) is 14.5. The molecule has 0 unspecified atom stereocenters. The second-order valence-electron chi connectivity index (χ2n) is 6.04. The topological polar surface area (TPSA) is 0 Å². The van der Waals surface area contributed by atoms with Crippen LogP contribution in [0.3, 0.4) is 0 Å². The van der Waals surface area contributed by atoms with Gasteiger partial charge in [0.05, 0.1) is 11.8 Å². The van der Waals surface area contributed by atoms with Crippen LogP contribution >= 0.6 is 23.5 Å². The zero-order valence-electron chi connectivity index (χ0n) is 11.7. The maximum atomic E-state index is 2.54. The van der Waals surface area contributed by atoms with Crippen molar-refractivity contribution in [2.75, 3.05) is 11.5 Å². The third-order valence-electron chi connectivity index (χ3n) is 3.69. The number of benzene rings is 1. The molecule has 0 radical (unpaired) electrons. The fraction of sp³-hybridized carbons (Fsp3) is 0.600. The summed E-state index contributed by atoms with van der Waals surface area (Å²) in [6, 6.07) is 11.0. The van der Waals surface area contributed by atoms with Gasteiger partial charge in [0.15, 0.2) is 0 Å². The lowest BCUT2D eigenvalue weighted by Gasteiger charge is -2.45. The van der Waals surface area contributed by atoms with Crippen LogP contribution < -0.4 is 0 Å². The lowest BCUT2D eigenvalue weighted by Crippen LogP contribution is -2.49. The average molecular weight is 297 g/mol. The summed E-state index contributed by atoms with van der Waals surface area (Å²) in [5.41, 5.74) is 1.50. The van der Waals surface area contributed by atoms with Crippen molar-refractivity contribution in [1.82, 2.24) is 0 Å². The van der Waals surface area contributed by atoms with E-state index in [0.29, 0.717) is 3.70 Å². The van der Waals surface area contributed by atoms with Gasteiger partial charge in [0.1, 0.15) is 0 Å². The first-order valence-electron chi connectivity index (χ1n) is 6.85. The Morgan fingerprint density at radius 3 is 2.22 bits per heavy atom. The van der Waals surface area contributed by atoms with Crippen LogP contribution in [0.5, 0.6) is 0 Å². The minimum Gasteiger partial charge on any atom is -0.148 e. The Morgan fingerprint density at radius 2 is 1.67 bits per heavy atom. The quantitative estimate of drug-likeness (QED) is 0.712. The summed E-state index contributed by atoms with van der Waals surface area (Å²) in [4.78, 5) is 0. The Kier molecular flexibility index (Phi) is 4.90. The highest BCUT2D eigenvalue weighted by Crippen LogP contribution is 2.51. The Balaban J connectivity index is 2.06. The molecule has 0 amide bonds. The SMILES string of the molecule is C[Si](C)(C)C1(CCc2ccccc2)SCCCS1. The molecule has 1 aromatic carbocycles. The molecule has 0 atom stereocenters. The molecule has 1 fully saturated rings. The van der Waals surface area contributed by atoms with Gasteiger partial charge in [0.2, 0.25) is 0 Å². The van der Waals surface area contributed by atoms with Crippen molar-refractivity contribution >= 4 is 31.6 Å². The molecule has 1 saturated heterocycles. The van der Waals surface area contributed by atoms with Crippen molar-refractivity contribution in [2.45, 2.75) is 42.6 Å². The van der Waals surface area contributed by atoms with E-state index in [1.54, 1.807) is 0 Å². The van der Waals surface area contributed by atoms with Gasteiger partial charge in [-0.1, -0.05) is 50.0 Å². The molecule has 0 aromatic heterocycles. The standard InChI is InChI=1S/C15H24S2Si/c1-18(2,3)15(16-12-7-13-17-15)11-10-14-8-5-4-6-9-14/h4-6,8-9H,7,10-13H2,1-3H3. The molecule has 0 spiro atoms. The van der Waals surface area contributed by atoms with E-state index in [1.807, 2.05) is 0 Å². The minimum absolute atomic E-state index is 0.543. The van der Waals surface area contributed by atoms with Crippen molar-refractivity contribution in [3.8, 4) is 0 Å². The summed E-state index contributed by atoms with van der Waals surface area (Å²) in [5, 5.41) is 0. The summed E-state index contributed by atoms with van der Waals surface area (Å²) in [7, 11) is -1.13. The zero-order chi connectivity index (χ0) is 13.1. The molecule has 0 aliphatic carbocycles. The second-order valence-corrected chi connectivity index (χ2v) is 15.2. The smallest absolute Gasteiger partial charge is 0.0752 e. The summed E-state index contributed by atoms with van der Waals surface area (Å²) in [6.07, 6.45) is 3.99. The maximum absolute atomic E-state index is 2.54. The summed E-state index contributed by atoms with van der Waals surface area (Å²) in [5.74, 6) is 2.73. The number of rotatable bonds is 4. The van der Waals surface area contributed by atoms with Crippen LogP contribution in [0.2, 0.25) is 19.6 Å². The van der Waals surface area contributed by atoms with Gasteiger partial charge in [-0.3, -0.25) is 0 Å². The summed E-state index contributed by atoms with van der Waals surface area (Å²) >= 11 is 4.52. The van der Waals surface area contributed by atoms with Gasteiger partial charge in [-0.25, -0.2) is 0 Å². The van der Waals surface area contributed by atoms with Crippen LogP contribution in [0, 0.1) is 0 Å². The van der Waals surface area contributed by atoms with Crippen LogP contribution in [0.1, 0.15) is 18.4 Å². The van der Waals surface area contributed by atoms with Gasteiger partial charge in [-0.15, -0.1) is 23.5 Å². The molecule has 0 bridgehead atoms. The third-order valence-corrected chi connectivity index (χ3v) is 13.8. The zero-order valence-corrected chi connectivity index (χ0v) is 14.4. The Bertz CT molecular complexity index is 364. The van der Waals surface area contributed by atoms with E-state index in [0.717, 1.165) is 0 Å². The Hall–Kier alpha value is 0.137. The summed E-state index contributed by atoms with van der Waals surface area (Å²) < 4.78 is 0.543. The first-order valence-corrected chi connectivity index (χ1v) is 12.3. The highest BCUT2D eigenvalue weighted by atomic mass is 32.2. The number of aryl methyl sites for hydroxylation is 1. The average Bonchev–Trinajstić information content (AvgIpc) is 2.37. The van der Waals surface area contributed by atoms with E-state index in [-0.39, 0.29) is 0 Å². The van der Waals surface area contributed by atoms with Gasteiger partial charge in [0.25, 0.3) is 0 Å². The molecular weight excluding hydrogens is 272 g/mol. The Labute approximate surface area is 121 Å². The van der Waals surface area contributed by atoms with Crippen LogP contribution in [0.4, 0.5) is 0 Å². The predicted octanol–water partition coefficient (Wildman–Crippen LogP) is 5.06. The van der Waals surface area contributed by atoms with Crippen molar-refractivity contribution in [2.24, 2.45) is 0 Å². The van der Waals surface area contributed by atoms with Crippen molar-refractivity contribution in [3.05, 3.63) is 35.9 Å². The van der Waals surface area contributed by atoms with Gasteiger partial charge in [0, 0.05) is 0 Å². The van der Waals surface area contributed by atoms with E-state index in [2.05, 4.69) is 73.5 Å². The molecule has 1 aliphatic heterocycles. The fourth-order valence-electron chi connectivity index (χ4n) is 2.48. The van der Waals surface area contributed by atoms with Crippen molar-refractivity contribution < 1.29 is 0 Å². The molecule has 1 aliphatic rings. The van der Waals surface area contributed by atoms with Crippen LogP contribution in [-0.4, -0.2) is 23.3 Å². The predicted molar refractivity (Wildman–Crippen MR) is 90.4 cm³/mol. The van der Waals surface area contributed by atoms with E-state index >= 15 is 0 Å². The summed E-state index contributed by atoms with van der Waals surface area (Å²) in [6.45, 7) is 7.63. The normalized spacial score (nSPS) is 19.7. The highest BCUT2D eigenvalue weighted by Gasteiger charge is 2.45. The number of hydrogen-bond acceptors (Lipinski definition) is 2. The molecule has 2 rings (SSSR count). The molecule has 0 N–H and O–H groups in total. The second kappa shape index (κ2) is 6.06. The van der Waals surface area contributed by atoms with Gasteiger partial charge in [-0.2, -0.15) is 0 Å². The lowest BCUT2D eigenvalue weighted by molar-refractivity contribution is 0.834. The fourth-order valence-corrected chi connectivity index (χ4v) is 10.2. The molecule has 1 aromatic rings. The van der Waals surface area contributed by atoms with Crippen LogP contribution in [-0.2, 0) is 6.42 Å². The molecule has 3 heteroatoms. The van der Waals surface area contributed by atoms with Gasteiger partial charge in [-0.05, 0) is 36.3 Å². The Morgan fingerprint density at radius 1 is 1.06 bits per heavy atom. The molecule has 100 valence electrons. The largest absolute Gasteiger partial charge is 0.148 e. The van der Waals surface area contributed by atoms with Crippen LogP contribution in [0.15, 0.2) is 30.3 Å². The molecule has 1 heterocycles. The monoisotopic (exact) mass is 296 g/mol. The van der Waals surface area contributed by atoms with Crippen molar-refractivity contribution in [3.63, 3.8) is 0 Å². The van der Waals surface area contributed by atoms with Crippen molar-refractivity contribution in [1.29, 1.82) is 0 Å². The number of thioether (sulfide) groups is 2. The third kappa shape index (κ3) is 3.37. The molecular formula is C15H24S2Si. The van der Waals surface area contributed by atoms with Gasteiger partial charge >= 0.3 is 0 Å². The first-order chi connectivity index (χ1) is 8.54. The van der Waals surface area contributed by atoms with Crippen LogP contribution in [0.25, 0.3) is 0 Å². The maximum Gasteiger partial charge on any atom is 0.0752 e. The van der Waals surface area contributed by atoms with E-state index in [4.69, 9.17) is 0 Å². The minimum atomic E-state index is -1.13. The number of hydrogen-bond donors (Lipinski definition) is 0. The lowest BCUT2D eigenvalue weighted by atomic mass is 10.1.